The zero-order chi connectivity index (χ0) is 9.19. The van der Waals surface area contributed by atoms with Crippen LogP contribution in [0.25, 0.3) is 0 Å². The van der Waals surface area contributed by atoms with Crippen LogP contribution < -0.4 is 23.4 Å². The Morgan fingerprint density at radius 1 is 1.00 bits per heavy atom. The molecule has 1 rings (SSSR count). The summed E-state index contributed by atoms with van der Waals surface area (Å²) in [6.07, 6.45) is 4.20. The Morgan fingerprint density at radius 3 is 1.83 bits per heavy atom. The number of nitrogens with two attached hydrogens (primary N) is 4. The Labute approximate surface area is 72.3 Å². The molecule has 0 radical (unpaired) electrons. The molecule has 6 nitrogen and oxygen atoms in total. The number of hydrogen-bond donors (Lipinski definition) is 4. The first-order valence-corrected chi connectivity index (χ1v) is 4.13. The molecule has 1 aliphatic carbocycles. The van der Waals surface area contributed by atoms with Gasteiger partial charge in [0.1, 0.15) is 0 Å². The number of rotatable bonds is 3. The molecular formula is C6H18N6. The normalized spacial score (nSPS) is 22.5. The van der Waals surface area contributed by atoms with Gasteiger partial charge in [0, 0.05) is 6.54 Å². The van der Waals surface area contributed by atoms with Gasteiger partial charge in [-0.05, 0) is 12.8 Å². The molecule has 6 heteroatoms. The van der Waals surface area contributed by atoms with Crippen molar-refractivity contribution >= 4 is 0 Å². The van der Waals surface area contributed by atoms with Crippen LogP contribution in [0.15, 0.2) is 0 Å². The van der Waals surface area contributed by atoms with E-state index in [1.807, 2.05) is 0 Å². The molecule has 0 saturated heterocycles. The second-order valence-corrected chi connectivity index (χ2v) is 3.51. The molecule has 12 heavy (non-hydrogen) atoms. The van der Waals surface area contributed by atoms with Crippen molar-refractivity contribution in [2.24, 2.45) is 23.4 Å². The van der Waals surface area contributed by atoms with Crippen LogP contribution in [0.1, 0.15) is 25.7 Å². The Morgan fingerprint density at radius 2 is 1.50 bits per heavy atom. The van der Waals surface area contributed by atoms with Crippen LogP contribution in [0, 0.1) is 0 Å². The molecule has 0 aliphatic heterocycles. The lowest BCUT2D eigenvalue weighted by molar-refractivity contribution is 0.0491. The Bertz CT molecular complexity index is 139. The molecule has 72 valence electrons. The van der Waals surface area contributed by atoms with Gasteiger partial charge in [0.15, 0.2) is 0 Å². The van der Waals surface area contributed by atoms with E-state index < -0.39 is 0 Å². The average molecular weight is 174 g/mol. The SMILES string of the molecule is NN(N)CC1(N(N)N)CCCC1. The van der Waals surface area contributed by atoms with Gasteiger partial charge in [-0.25, -0.2) is 0 Å². The van der Waals surface area contributed by atoms with E-state index in [-0.39, 0.29) is 5.54 Å². The van der Waals surface area contributed by atoms with Gasteiger partial charge in [0.05, 0.1) is 5.54 Å². The molecule has 8 N–H and O–H groups in total. The molecule has 0 atom stereocenters. The van der Waals surface area contributed by atoms with Crippen molar-refractivity contribution in [3.63, 3.8) is 0 Å². The van der Waals surface area contributed by atoms with Gasteiger partial charge in [-0.15, -0.1) is 0 Å². The molecule has 1 saturated carbocycles. The maximum Gasteiger partial charge on any atom is 0.0660 e. The molecule has 0 amide bonds. The highest BCUT2D eigenvalue weighted by atomic mass is 15.7. The van der Waals surface area contributed by atoms with Crippen molar-refractivity contribution in [1.82, 2.24) is 10.2 Å². The Hall–Kier alpha value is -0.240. The van der Waals surface area contributed by atoms with Crippen molar-refractivity contribution in [3.05, 3.63) is 0 Å². The van der Waals surface area contributed by atoms with E-state index in [0.29, 0.717) is 6.54 Å². The number of nitrogens with zero attached hydrogens (tertiary/aromatic N) is 2. The van der Waals surface area contributed by atoms with Crippen LogP contribution >= 0.6 is 0 Å². The quantitative estimate of drug-likeness (QED) is 0.303. The zero-order valence-corrected chi connectivity index (χ0v) is 7.24. The fourth-order valence-corrected chi connectivity index (χ4v) is 1.87. The summed E-state index contributed by atoms with van der Waals surface area (Å²) in [6, 6.07) is 0. The van der Waals surface area contributed by atoms with E-state index in [4.69, 9.17) is 23.4 Å². The predicted molar refractivity (Wildman–Crippen MR) is 46.5 cm³/mol. The van der Waals surface area contributed by atoms with Crippen LogP contribution in [0.5, 0.6) is 0 Å². The van der Waals surface area contributed by atoms with Gasteiger partial charge in [0.25, 0.3) is 0 Å². The minimum atomic E-state index is -0.219. The first-order chi connectivity index (χ1) is 5.57. The summed E-state index contributed by atoms with van der Waals surface area (Å²) >= 11 is 0. The van der Waals surface area contributed by atoms with Gasteiger partial charge >= 0.3 is 0 Å². The summed E-state index contributed by atoms with van der Waals surface area (Å²) in [5.74, 6) is 21.8. The smallest absolute Gasteiger partial charge is 0.0660 e. The summed E-state index contributed by atoms with van der Waals surface area (Å²) < 4.78 is 0. The van der Waals surface area contributed by atoms with Crippen molar-refractivity contribution < 1.29 is 0 Å². The predicted octanol–water partition coefficient (Wildman–Crippen LogP) is -1.60. The third-order valence-corrected chi connectivity index (χ3v) is 2.56. The maximum absolute atomic E-state index is 5.55. The van der Waals surface area contributed by atoms with Crippen molar-refractivity contribution in [1.29, 1.82) is 0 Å². The molecule has 0 aromatic rings. The minimum Gasteiger partial charge on any atom is -0.255 e. The van der Waals surface area contributed by atoms with Crippen molar-refractivity contribution in [3.8, 4) is 0 Å². The maximum atomic E-state index is 5.55. The first-order valence-electron chi connectivity index (χ1n) is 4.13. The van der Waals surface area contributed by atoms with Crippen molar-refractivity contribution in [2.45, 2.75) is 31.2 Å². The van der Waals surface area contributed by atoms with E-state index in [1.54, 1.807) is 0 Å². The largest absolute Gasteiger partial charge is 0.255 e. The molecule has 0 aromatic heterocycles. The highest BCUT2D eigenvalue weighted by molar-refractivity contribution is 4.92. The summed E-state index contributed by atoms with van der Waals surface area (Å²) in [5, 5.41) is 2.41. The first kappa shape index (κ1) is 9.85. The molecule has 0 heterocycles. The Balaban J connectivity index is 2.59. The number of hydrazine groups is 4. The average Bonchev–Trinajstić information content (AvgIpc) is 2.35. The molecule has 0 spiro atoms. The topological polar surface area (TPSA) is 111 Å². The molecule has 0 aromatic carbocycles. The van der Waals surface area contributed by atoms with Crippen LogP contribution in [-0.4, -0.2) is 22.3 Å². The zero-order valence-electron chi connectivity index (χ0n) is 7.24. The van der Waals surface area contributed by atoms with E-state index in [1.165, 1.54) is 5.12 Å². The summed E-state index contributed by atoms with van der Waals surface area (Å²) in [5.41, 5.74) is -0.219. The minimum absolute atomic E-state index is 0.219. The monoisotopic (exact) mass is 174 g/mol. The summed E-state index contributed by atoms with van der Waals surface area (Å²) in [7, 11) is 0. The van der Waals surface area contributed by atoms with E-state index in [0.717, 1.165) is 30.8 Å². The summed E-state index contributed by atoms with van der Waals surface area (Å²) in [4.78, 5) is 0. The number of hydrogen-bond acceptors (Lipinski definition) is 6. The standard InChI is InChI=1S/C6H18N6/c7-11(8)5-6(12(9)10)3-1-2-4-6/h1-5,7-10H2. The fourth-order valence-electron chi connectivity index (χ4n) is 1.87. The van der Waals surface area contributed by atoms with E-state index >= 15 is 0 Å². The van der Waals surface area contributed by atoms with Gasteiger partial charge in [-0.1, -0.05) is 12.8 Å². The highest BCUT2D eigenvalue weighted by Gasteiger charge is 2.38. The van der Waals surface area contributed by atoms with Crippen molar-refractivity contribution in [2.75, 3.05) is 6.54 Å². The molecule has 1 fully saturated rings. The third-order valence-electron chi connectivity index (χ3n) is 2.56. The van der Waals surface area contributed by atoms with E-state index in [2.05, 4.69) is 0 Å². The summed E-state index contributed by atoms with van der Waals surface area (Å²) in [6.45, 7) is 0.514. The van der Waals surface area contributed by atoms with Crippen LogP contribution in [0.3, 0.4) is 0 Å². The highest BCUT2D eigenvalue weighted by Crippen LogP contribution is 2.32. The molecule has 0 bridgehead atoms. The Kier molecular flexibility index (Phi) is 2.99. The lowest BCUT2D eigenvalue weighted by Gasteiger charge is -2.36. The molecule has 1 aliphatic rings. The third kappa shape index (κ3) is 1.92. The van der Waals surface area contributed by atoms with Crippen LogP contribution in [0.2, 0.25) is 0 Å². The van der Waals surface area contributed by atoms with Gasteiger partial charge in [0.2, 0.25) is 0 Å². The van der Waals surface area contributed by atoms with Gasteiger partial charge in [-0.3, -0.25) is 23.4 Å². The van der Waals surface area contributed by atoms with Gasteiger partial charge in [-0.2, -0.15) is 10.2 Å². The lowest BCUT2D eigenvalue weighted by atomic mass is 9.98. The second-order valence-electron chi connectivity index (χ2n) is 3.51. The van der Waals surface area contributed by atoms with Crippen LogP contribution in [-0.2, 0) is 0 Å². The van der Waals surface area contributed by atoms with Gasteiger partial charge < -0.3 is 0 Å². The molecule has 0 unspecified atom stereocenters. The fraction of sp³-hybridized carbons (Fsp3) is 1.00. The lowest BCUT2D eigenvalue weighted by Crippen LogP contribution is -2.62. The van der Waals surface area contributed by atoms with Crippen LogP contribution in [0.4, 0.5) is 0 Å². The van der Waals surface area contributed by atoms with E-state index in [9.17, 15) is 0 Å². The molecular weight excluding hydrogens is 156 g/mol. The second kappa shape index (κ2) is 3.65.